The van der Waals surface area contributed by atoms with Crippen LogP contribution in [0.25, 0.3) is 11.1 Å². The lowest BCUT2D eigenvalue weighted by atomic mass is 9.97. The van der Waals surface area contributed by atoms with E-state index in [1.165, 1.54) is 6.07 Å². The number of rotatable bonds is 4. The van der Waals surface area contributed by atoms with Gasteiger partial charge in [0.15, 0.2) is 0 Å². The summed E-state index contributed by atoms with van der Waals surface area (Å²) in [5.41, 5.74) is 6.24. The average molecular weight is 466 g/mol. The minimum Gasteiger partial charge on any atom is -0.480 e. The van der Waals surface area contributed by atoms with Gasteiger partial charge in [0, 0.05) is 11.4 Å². The molecular formula is C22H16Cl3FN2O2. The Bertz CT molecular complexity index is 1110. The first kappa shape index (κ1) is 20.9. The summed E-state index contributed by atoms with van der Waals surface area (Å²) in [6.45, 7) is 0. The third-order valence-corrected chi connectivity index (χ3v) is 5.91. The lowest BCUT2D eigenvalue weighted by Crippen LogP contribution is -2.40. The van der Waals surface area contributed by atoms with Crippen molar-refractivity contribution < 1.29 is 14.3 Å². The molecule has 0 aliphatic carbocycles. The molecule has 8 heteroatoms. The average Bonchev–Trinajstić information content (AvgIpc) is 3.16. The monoisotopic (exact) mass is 464 g/mol. The van der Waals surface area contributed by atoms with Crippen LogP contribution in [0.3, 0.4) is 0 Å². The summed E-state index contributed by atoms with van der Waals surface area (Å²) < 4.78 is 13.4. The molecule has 30 heavy (non-hydrogen) atoms. The predicted molar refractivity (Wildman–Crippen MR) is 118 cm³/mol. The zero-order valence-corrected chi connectivity index (χ0v) is 17.7. The van der Waals surface area contributed by atoms with Crippen LogP contribution >= 0.6 is 34.8 Å². The van der Waals surface area contributed by atoms with E-state index in [1.807, 2.05) is 24.3 Å². The van der Waals surface area contributed by atoms with E-state index in [2.05, 4.69) is 5.43 Å². The number of carboxylic acids is 1. The maximum atomic E-state index is 13.4. The Balaban J connectivity index is 1.67. The van der Waals surface area contributed by atoms with E-state index in [0.29, 0.717) is 22.2 Å². The number of halogens is 4. The molecule has 0 bridgehead atoms. The molecule has 4 rings (SSSR count). The summed E-state index contributed by atoms with van der Waals surface area (Å²) in [5.74, 6) is -1.41. The van der Waals surface area contributed by atoms with Gasteiger partial charge < -0.3 is 5.11 Å². The highest BCUT2D eigenvalue weighted by atomic mass is 35.5. The maximum absolute atomic E-state index is 13.4. The Labute approximate surface area is 187 Å². The Kier molecular flexibility index (Phi) is 5.89. The summed E-state index contributed by atoms with van der Waals surface area (Å²) >= 11 is 18.3. The van der Waals surface area contributed by atoms with Gasteiger partial charge in [0.1, 0.15) is 11.9 Å². The van der Waals surface area contributed by atoms with Crippen LogP contribution in [-0.2, 0) is 4.79 Å². The summed E-state index contributed by atoms with van der Waals surface area (Å²) in [6.07, 6.45) is 0.357. The third-order valence-electron chi connectivity index (χ3n) is 5.08. The van der Waals surface area contributed by atoms with Gasteiger partial charge in [-0.25, -0.2) is 9.82 Å². The topological polar surface area (TPSA) is 52.6 Å². The molecule has 1 heterocycles. The van der Waals surface area contributed by atoms with Crippen LogP contribution in [-0.4, -0.2) is 17.1 Å². The number of nitrogens with zero attached hydrogens (tertiary/aromatic N) is 1. The molecule has 154 valence electrons. The van der Waals surface area contributed by atoms with E-state index in [9.17, 15) is 14.3 Å². The Morgan fingerprint density at radius 1 is 0.967 bits per heavy atom. The second kappa shape index (κ2) is 8.44. The largest absolute Gasteiger partial charge is 0.480 e. The highest BCUT2D eigenvalue weighted by molar-refractivity contribution is 6.36. The SMILES string of the molecule is O=C(O)C1CC(c2ccc(-c3ccc(F)c(Cl)c3)cc2)N(c2ccc(Cl)cc2Cl)N1. The number of aliphatic carboxylic acids is 1. The van der Waals surface area contributed by atoms with Crippen LogP contribution in [0.1, 0.15) is 18.0 Å². The van der Waals surface area contributed by atoms with Gasteiger partial charge in [-0.05, 0) is 47.0 Å². The Morgan fingerprint density at radius 3 is 2.30 bits per heavy atom. The summed E-state index contributed by atoms with van der Waals surface area (Å²) in [6, 6.07) is 16.3. The molecule has 4 nitrogen and oxygen atoms in total. The smallest absolute Gasteiger partial charge is 0.322 e. The summed E-state index contributed by atoms with van der Waals surface area (Å²) in [4.78, 5) is 11.6. The summed E-state index contributed by atoms with van der Waals surface area (Å²) in [5, 5.41) is 12.3. The Morgan fingerprint density at radius 2 is 1.67 bits per heavy atom. The molecular weight excluding hydrogens is 450 g/mol. The van der Waals surface area contributed by atoms with Crippen LogP contribution in [0.5, 0.6) is 0 Å². The number of hydrogen-bond donors (Lipinski definition) is 2. The fourth-order valence-corrected chi connectivity index (χ4v) is 4.25. The number of nitrogens with one attached hydrogen (secondary N) is 1. The van der Waals surface area contributed by atoms with Gasteiger partial charge in [-0.1, -0.05) is 65.1 Å². The molecule has 1 aliphatic heterocycles. The van der Waals surface area contributed by atoms with Crippen molar-refractivity contribution >= 4 is 46.5 Å². The molecule has 3 aromatic carbocycles. The quantitative estimate of drug-likeness (QED) is 0.470. The zero-order valence-electron chi connectivity index (χ0n) is 15.4. The molecule has 0 radical (unpaired) electrons. The van der Waals surface area contributed by atoms with Crippen molar-refractivity contribution in [3.63, 3.8) is 0 Å². The van der Waals surface area contributed by atoms with Crippen LogP contribution in [0.15, 0.2) is 60.7 Å². The fraction of sp³-hybridized carbons (Fsp3) is 0.136. The molecule has 0 spiro atoms. The van der Waals surface area contributed by atoms with Gasteiger partial charge in [-0.2, -0.15) is 0 Å². The highest BCUT2D eigenvalue weighted by Gasteiger charge is 2.37. The second-order valence-corrected chi connectivity index (χ2v) is 8.24. The zero-order chi connectivity index (χ0) is 21.4. The molecule has 0 amide bonds. The fourth-order valence-electron chi connectivity index (χ4n) is 3.57. The lowest BCUT2D eigenvalue weighted by molar-refractivity contribution is -0.139. The first-order chi connectivity index (χ1) is 14.3. The highest BCUT2D eigenvalue weighted by Crippen LogP contribution is 2.39. The first-order valence-electron chi connectivity index (χ1n) is 9.12. The number of carboxylic acid groups (broad SMARTS) is 1. The second-order valence-electron chi connectivity index (χ2n) is 6.99. The molecule has 1 fully saturated rings. The minimum absolute atomic E-state index is 0.0597. The first-order valence-corrected chi connectivity index (χ1v) is 10.3. The summed E-state index contributed by atoms with van der Waals surface area (Å²) in [7, 11) is 0. The van der Waals surface area contributed by atoms with Crippen LogP contribution in [0, 0.1) is 5.82 Å². The van der Waals surface area contributed by atoms with Gasteiger partial charge in [-0.15, -0.1) is 0 Å². The van der Waals surface area contributed by atoms with Crippen molar-refractivity contribution in [2.75, 3.05) is 5.01 Å². The minimum atomic E-state index is -0.940. The van der Waals surface area contributed by atoms with E-state index in [0.717, 1.165) is 16.7 Å². The number of hydrogen-bond acceptors (Lipinski definition) is 3. The molecule has 0 saturated carbocycles. The van der Waals surface area contributed by atoms with Crippen molar-refractivity contribution in [2.24, 2.45) is 0 Å². The molecule has 0 aromatic heterocycles. The van der Waals surface area contributed by atoms with E-state index in [-0.39, 0.29) is 11.1 Å². The van der Waals surface area contributed by atoms with Crippen molar-refractivity contribution in [2.45, 2.75) is 18.5 Å². The maximum Gasteiger partial charge on any atom is 0.322 e. The number of hydrazine groups is 1. The molecule has 1 saturated heterocycles. The molecule has 2 N–H and O–H groups in total. The Hall–Kier alpha value is -2.31. The van der Waals surface area contributed by atoms with Crippen LogP contribution in [0.2, 0.25) is 15.1 Å². The third kappa shape index (κ3) is 4.12. The number of benzene rings is 3. The van der Waals surface area contributed by atoms with Crippen molar-refractivity contribution in [3.05, 3.63) is 87.1 Å². The van der Waals surface area contributed by atoms with Crippen LogP contribution < -0.4 is 10.4 Å². The van der Waals surface area contributed by atoms with Gasteiger partial charge in [-0.3, -0.25) is 9.80 Å². The van der Waals surface area contributed by atoms with Gasteiger partial charge in [0.2, 0.25) is 0 Å². The standard InChI is InChI=1S/C22H16Cl3FN2O2/c23-15-6-8-20(17(25)10-15)28-21(11-19(27-28)22(29)30)13-3-1-12(2-4-13)14-5-7-18(26)16(24)9-14/h1-10,19,21,27H,11H2,(H,29,30). The predicted octanol–water partition coefficient (Wildman–Crippen LogP) is 6.36. The van der Waals surface area contributed by atoms with Gasteiger partial charge in [0.25, 0.3) is 0 Å². The van der Waals surface area contributed by atoms with Gasteiger partial charge >= 0.3 is 5.97 Å². The van der Waals surface area contributed by atoms with E-state index < -0.39 is 17.8 Å². The van der Waals surface area contributed by atoms with Crippen LogP contribution in [0.4, 0.5) is 10.1 Å². The molecule has 3 aromatic rings. The molecule has 1 aliphatic rings. The van der Waals surface area contributed by atoms with E-state index in [4.69, 9.17) is 34.8 Å². The van der Waals surface area contributed by atoms with Crippen molar-refractivity contribution in [1.29, 1.82) is 0 Å². The van der Waals surface area contributed by atoms with Gasteiger partial charge in [0.05, 0.1) is 21.8 Å². The number of carbonyl (C=O) groups is 1. The van der Waals surface area contributed by atoms with Crippen molar-refractivity contribution in [3.8, 4) is 11.1 Å². The molecule has 2 atom stereocenters. The van der Waals surface area contributed by atoms with E-state index >= 15 is 0 Å². The normalized spacial score (nSPS) is 18.6. The van der Waals surface area contributed by atoms with E-state index in [1.54, 1.807) is 35.3 Å². The lowest BCUT2D eigenvalue weighted by Gasteiger charge is -2.27. The van der Waals surface area contributed by atoms with Crippen molar-refractivity contribution in [1.82, 2.24) is 5.43 Å². The number of anilines is 1. The molecule has 2 unspecified atom stereocenters.